The van der Waals surface area contributed by atoms with Gasteiger partial charge in [-0.3, -0.25) is 14.8 Å². The fourth-order valence-electron chi connectivity index (χ4n) is 4.04. The summed E-state index contributed by atoms with van der Waals surface area (Å²) in [4.78, 5) is 20.1. The van der Waals surface area contributed by atoms with Crippen LogP contribution in [0.15, 0.2) is 54.5 Å². The van der Waals surface area contributed by atoms with Crippen molar-refractivity contribution in [3.63, 3.8) is 0 Å². The summed E-state index contributed by atoms with van der Waals surface area (Å²) in [5, 5.41) is 7.76. The van der Waals surface area contributed by atoms with Crippen LogP contribution in [0.3, 0.4) is 0 Å². The number of thiazole rings is 1. The monoisotopic (exact) mass is 406 g/mol. The van der Waals surface area contributed by atoms with Crippen LogP contribution in [0.25, 0.3) is 5.57 Å². The number of ketones is 1. The first-order chi connectivity index (χ1) is 14.0. The Kier molecular flexibility index (Phi) is 4.28. The van der Waals surface area contributed by atoms with E-state index in [0.717, 1.165) is 57.4 Å². The summed E-state index contributed by atoms with van der Waals surface area (Å²) in [5.41, 5.74) is 4.18. The average molecular weight is 407 g/mol. The van der Waals surface area contributed by atoms with Gasteiger partial charge < -0.3 is 4.74 Å². The van der Waals surface area contributed by atoms with Crippen LogP contribution >= 0.6 is 11.3 Å². The van der Waals surface area contributed by atoms with E-state index in [-0.39, 0.29) is 11.2 Å². The molecule has 2 aromatic heterocycles. The van der Waals surface area contributed by atoms with Crippen molar-refractivity contribution in [2.75, 3.05) is 4.90 Å². The zero-order chi connectivity index (χ0) is 20.0. The highest BCUT2D eigenvalue weighted by Gasteiger charge is 2.34. The number of hydrogen-bond acceptors (Lipinski definition) is 6. The molecule has 0 aromatic carbocycles. The Morgan fingerprint density at radius 3 is 3.03 bits per heavy atom. The highest BCUT2D eigenvalue weighted by atomic mass is 32.1. The van der Waals surface area contributed by atoms with E-state index in [1.807, 2.05) is 29.7 Å². The maximum atomic E-state index is 12.6. The molecule has 2 aliphatic carbocycles. The van der Waals surface area contributed by atoms with Gasteiger partial charge in [-0.1, -0.05) is 37.3 Å². The lowest BCUT2D eigenvalue weighted by Gasteiger charge is -2.26. The molecule has 7 heteroatoms. The zero-order valence-corrected chi connectivity index (χ0v) is 17.3. The summed E-state index contributed by atoms with van der Waals surface area (Å²) >= 11 is 1.47. The maximum absolute atomic E-state index is 12.6. The Hall–Kier alpha value is -2.93. The van der Waals surface area contributed by atoms with Gasteiger partial charge in [0.25, 0.3) is 0 Å². The largest absolute Gasteiger partial charge is 0.462 e. The summed E-state index contributed by atoms with van der Waals surface area (Å²) < 4.78 is 5.88. The van der Waals surface area contributed by atoms with Crippen LogP contribution in [-0.4, -0.2) is 21.0 Å². The lowest BCUT2D eigenvalue weighted by molar-refractivity contribution is 0.0916. The predicted molar refractivity (Wildman–Crippen MR) is 113 cm³/mol. The van der Waals surface area contributed by atoms with E-state index in [1.54, 1.807) is 6.26 Å². The number of nitrogens with zero attached hydrogens (tertiary/aromatic N) is 3. The van der Waals surface area contributed by atoms with Gasteiger partial charge in [0.2, 0.25) is 0 Å². The average Bonchev–Trinajstić information content (AvgIpc) is 3.37. The molecule has 0 atom stereocenters. The number of allylic oxidation sites excluding steroid dienone is 4. The number of hydrogen-bond donors (Lipinski definition) is 1. The lowest BCUT2D eigenvalue weighted by Crippen LogP contribution is -2.26. The summed E-state index contributed by atoms with van der Waals surface area (Å²) in [6, 6.07) is 0. The standard InChI is InChI=1S/C22H22N4O2S/c1-22(2)9-17-20(18(27)10-22)29-21(25-17)26-7-8-28-19(13-26)16-6-4-3-5-15(16)14-11-23-24-12-14/h3,5,7-8,11-13H,4,6,9-10H2,1-2H3,(H,23,24). The summed E-state index contributed by atoms with van der Waals surface area (Å²) in [5.74, 6) is 0.997. The topological polar surface area (TPSA) is 71.1 Å². The smallest absolute Gasteiger partial charge is 0.194 e. The third-order valence-corrected chi connectivity index (χ3v) is 6.55. The molecule has 0 spiro atoms. The normalized spacial score (nSPS) is 20.6. The van der Waals surface area contributed by atoms with E-state index in [4.69, 9.17) is 9.72 Å². The molecule has 0 radical (unpaired) electrons. The highest BCUT2D eigenvalue weighted by molar-refractivity contribution is 7.17. The number of aromatic nitrogens is 3. The minimum atomic E-state index is -0.0317. The lowest BCUT2D eigenvalue weighted by atomic mass is 9.78. The Morgan fingerprint density at radius 2 is 2.21 bits per heavy atom. The molecule has 3 aliphatic rings. The molecule has 0 amide bonds. The number of fused-ring (bicyclic) bond motifs is 1. The van der Waals surface area contributed by atoms with Gasteiger partial charge in [0.1, 0.15) is 12.0 Å². The maximum Gasteiger partial charge on any atom is 0.194 e. The van der Waals surface area contributed by atoms with E-state index in [9.17, 15) is 4.79 Å². The first-order valence-corrected chi connectivity index (χ1v) is 10.6. The molecule has 29 heavy (non-hydrogen) atoms. The van der Waals surface area contributed by atoms with Crippen molar-refractivity contribution in [3.8, 4) is 0 Å². The van der Waals surface area contributed by atoms with Crippen molar-refractivity contribution in [1.82, 2.24) is 15.2 Å². The highest BCUT2D eigenvalue weighted by Crippen LogP contribution is 2.40. The number of H-pyrrole nitrogens is 1. The quantitative estimate of drug-likeness (QED) is 0.779. The minimum absolute atomic E-state index is 0.0317. The van der Waals surface area contributed by atoms with Gasteiger partial charge in [0.05, 0.1) is 23.0 Å². The Morgan fingerprint density at radius 1 is 1.31 bits per heavy atom. The van der Waals surface area contributed by atoms with Crippen LogP contribution in [0.5, 0.6) is 0 Å². The Labute approximate surface area is 173 Å². The number of anilines is 1. The molecular formula is C22H22N4O2S. The molecule has 0 unspecified atom stereocenters. The van der Waals surface area contributed by atoms with Crippen LogP contribution < -0.4 is 4.90 Å². The second kappa shape index (κ2) is 6.84. The van der Waals surface area contributed by atoms with Gasteiger partial charge in [-0.2, -0.15) is 5.10 Å². The molecule has 0 bridgehead atoms. The molecule has 5 rings (SSSR count). The van der Waals surface area contributed by atoms with Crippen molar-refractivity contribution in [2.45, 2.75) is 39.5 Å². The van der Waals surface area contributed by atoms with Crippen molar-refractivity contribution < 1.29 is 9.53 Å². The molecule has 148 valence electrons. The second-order valence-corrected chi connectivity index (χ2v) is 9.31. The molecule has 0 fully saturated rings. The van der Waals surface area contributed by atoms with E-state index in [1.165, 1.54) is 11.3 Å². The first kappa shape index (κ1) is 18.1. The van der Waals surface area contributed by atoms with Crippen molar-refractivity contribution in [1.29, 1.82) is 0 Å². The predicted octanol–water partition coefficient (Wildman–Crippen LogP) is 4.97. The van der Waals surface area contributed by atoms with Gasteiger partial charge in [0.15, 0.2) is 10.9 Å². The molecule has 1 N–H and O–H groups in total. The fraction of sp³-hybridized carbons (Fsp3) is 0.318. The summed E-state index contributed by atoms with van der Waals surface area (Å²) in [7, 11) is 0. The molecule has 0 saturated carbocycles. The van der Waals surface area contributed by atoms with Crippen molar-refractivity contribution in [2.24, 2.45) is 5.41 Å². The van der Waals surface area contributed by atoms with Gasteiger partial charge in [-0.15, -0.1) is 0 Å². The molecule has 6 nitrogen and oxygen atoms in total. The number of rotatable bonds is 3. The van der Waals surface area contributed by atoms with E-state index >= 15 is 0 Å². The third-order valence-electron chi connectivity index (χ3n) is 5.40. The number of Topliss-reactive ketones (excluding diaryl/α,β-unsaturated/α-hetero) is 1. The van der Waals surface area contributed by atoms with E-state index in [2.05, 4.69) is 36.2 Å². The van der Waals surface area contributed by atoms with Crippen LogP contribution in [0, 0.1) is 5.41 Å². The summed E-state index contributed by atoms with van der Waals surface area (Å²) in [6.45, 7) is 4.25. The minimum Gasteiger partial charge on any atom is -0.462 e. The molecule has 0 saturated heterocycles. The van der Waals surface area contributed by atoms with E-state index in [0.29, 0.717) is 6.42 Å². The molecule has 3 heterocycles. The number of carbonyl (C=O) groups excluding carboxylic acids is 1. The third kappa shape index (κ3) is 3.35. The molecular weight excluding hydrogens is 384 g/mol. The SMILES string of the molecule is CC1(C)CC(=O)c2sc(N3C=COC(C4=C(c5cn[nH]c5)C=CCC4)=C3)nc2C1. The van der Waals surface area contributed by atoms with Crippen LogP contribution in [0.2, 0.25) is 0 Å². The first-order valence-electron chi connectivity index (χ1n) is 9.76. The van der Waals surface area contributed by atoms with Crippen LogP contribution in [0.4, 0.5) is 5.13 Å². The molecule has 1 aliphatic heterocycles. The number of ether oxygens (including phenoxy) is 1. The summed E-state index contributed by atoms with van der Waals surface area (Å²) in [6.07, 6.45) is 16.8. The van der Waals surface area contributed by atoms with Gasteiger partial charge in [0, 0.05) is 30.0 Å². The van der Waals surface area contributed by atoms with Gasteiger partial charge in [-0.25, -0.2) is 4.98 Å². The number of nitrogens with one attached hydrogen (secondary N) is 1. The fourth-order valence-corrected chi connectivity index (χ4v) is 5.02. The van der Waals surface area contributed by atoms with Crippen molar-refractivity contribution in [3.05, 3.63) is 70.7 Å². The second-order valence-electron chi connectivity index (χ2n) is 8.34. The molecule has 2 aromatic rings. The zero-order valence-electron chi connectivity index (χ0n) is 16.4. The Balaban J connectivity index is 1.51. The number of carbonyl (C=O) groups is 1. The number of aromatic amines is 1. The van der Waals surface area contributed by atoms with Gasteiger partial charge in [-0.05, 0) is 30.3 Å². The van der Waals surface area contributed by atoms with Crippen LogP contribution in [0.1, 0.15) is 54.0 Å². The Bertz CT molecular complexity index is 1090. The van der Waals surface area contributed by atoms with Crippen molar-refractivity contribution >= 4 is 27.8 Å². The van der Waals surface area contributed by atoms with E-state index < -0.39 is 0 Å². The van der Waals surface area contributed by atoms with Gasteiger partial charge >= 0.3 is 0 Å². The van der Waals surface area contributed by atoms with Crippen LogP contribution in [-0.2, 0) is 11.2 Å².